The van der Waals surface area contributed by atoms with E-state index in [1.807, 2.05) is 72.8 Å². The Morgan fingerprint density at radius 1 is 1.05 bits per heavy atom. The van der Waals surface area contributed by atoms with Crippen LogP contribution in [0.2, 0.25) is 0 Å². The Hall–Kier alpha value is -2.39. The second kappa shape index (κ2) is 8.80. The minimum atomic E-state index is -0.376. The molecule has 3 nitrogen and oxygen atoms in total. The zero-order valence-electron chi connectivity index (χ0n) is 12.6. The molecule has 1 unspecified atom stereocenters. The minimum Gasteiger partial charge on any atom is -0.453 e. The van der Waals surface area contributed by atoms with E-state index in [0.29, 0.717) is 13.2 Å². The second-order valence-electron chi connectivity index (χ2n) is 4.87. The summed E-state index contributed by atoms with van der Waals surface area (Å²) in [5.41, 5.74) is 2.08. The fourth-order valence-electron chi connectivity index (χ4n) is 2.04. The van der Waals surface area contributed by atoms with E-state index >= 15 is 0 Å². The number of rotatable bonds is 7. The Morgan fingerprint density at radius 2 is 1.68 bits per heavy atom. The first-order valence-electron chi connectivity index (χ1n) is 7.26. The van der Waals surface area contributed by atoms with E-state index in [0.717, 1.165) is 11.1 Å². The number of carbonyl (C=O) groups is 1. The monoisotopic (exact) mass is 296 g/mol. The lowest BCUT2D eigenvalue weighted by Crippen LogP contribution is -2.06. The number of esters is 1. The lowest BCUT2D eigenvalue weighted by molar-refractivity contribution is -0.144. The van der Waals surface area contributed by atoms with Gasteiger partial charge < -0.3 is 9.47 Å². The predicted octanol–water partition coefficient (Wildman–Crippen LogP) is 4.06. The van der Waals surface area contributed by atoms with E-state index in [1.54, 1.807) is 0 Å². The molecule has 0 spiro atoms. The first-order chi connectivity index (χ1) is 10.8. The molecule has 0 saturated carbocycles. The largest absolute Gasteiger partial charge is 0.453 e. The van der Waals surface area contributed by atoms with Gasteiger partial charge in [0.05, 0.1) is 13.2 Å². The van der Waals surface area contributed by atoms with Gasteiger partial charge in [-0.2, -0.15) is 0 Å². The van der Waals surface area contributed by atoms with E-state index in [4.69, 9.17) is 9.47 Å². The van der Waals surface area contributed by atoms with E-state index in [2.05, 4.69) is 0 Å². The van der Waals surface area contributed by atoms with Crippen molar-refractivity contribution in [2.24, 2.45) is 0 Å². The van der Waals surface area contributed by atoms with Gasteiger partial charge in [-0.3, -0.25) is 4.79 Å². The first kappa shape index (κ1) is 16.0. The van der Waals surface area contributed by atoms with Crippen LogP contribution in [0.4, 0.5) is 0 Å². The highest BCUT2D eigenvalue weighted by Gasteiger charge is 2.10. The molecule has 2 rings (SSSR count). The van der Waals surface area contributed by atoms with Gasteiger partial charge in [-0.15, -0.1) is 0 Å². The SMILES string of the molecule is CC(=O)OC(/C=C/COCc1ccccc1)c1ccccc1. The molecule has 0 aliphatic carbocycles. The maximum Gasteiger partial charge on any atom is 0.303 e. The standard InChI is InChI=1S/C19H20O3/c1-16(20)22-19(18-11-6-3-7-12-18)13-8-14-21-15-17-9-4-2-5-10-17/h2-13,19H,14-15H2,1H3/b13-8+. The molecule has 0 N–H and O–H groups in total. The highest BCUT2D eigenvalue weighted by Crippen LogP contribution is 2.18. The third kappa shape index (κ3) is 5.54. The van der Waals surface area contributed by atoms with Crippen LogP contribution in [-0.2, 0) is 20.9 Å². The summed E-state index contributed by atoms with van der Waals surface area (Å²) >= 11 is 0. The smallest absolute Gasteiger partial charge is 0.303 e. The van der Waals surface area contributed by atoms with Crippen LogP contribution >= 0.6 is 0 Å². The van der Waals surface area contributed by atoms with Crippen molar-refractivity contribution >= 4 is 5.97 Å². The van der Waals surface area contributed by atoms with E-state index < -0.39 is 0 Å². The third-order valence-electron chi connectivity index (χ3n) is 3.06. The quantitative estimate of drug-likeness (QED) is 0.439. The molecule has 22 heavy (non-hydrogen) atoms. The summed E-state index contributed by atoms with van der Waals surface area (Å²) in [6, 6.07) is 19.6. The molecule has 0 aliphatic heterocycles. The highest BCUT2D eigenvalue weighted by atomic mass is 16.5. The summed E-state index contributed by atoms with van der Waals surface area (Å²) in [5, 5.41) is 0. The van der Waals surface area contributed by atoms with Gasteiger partial charge in [0.15, 0.2) is 0 Å². The van der Waals surface area contributed by atoms with Crippen LogP contribution in [-0.4, -0.2) is 12.6 Å². The Morgan fingerprint density at radius 3 is 2.32 bits per heavy atom. The van der Waals surface area contributed by atoms with Crippen molar-refractivity contribution in [3.05, 3.63) is 83.9 Å². The maximum atomic E-state index is 11.2. The molecule has 0 amide bonds. The van der Waals surface area contributed by atoms with Gasteiger partial charge in [0.2, 0.25) is 0 Å². The topological polar surface area (TPSA) is 35.5 Å². The molecule has 0 heterocycles. The first-order valence-corrected chi connectivity index (χ1v) is 7.26. The summed E-state index contributed by atoms with van der Waals surface area (Å²) in [5.74, 6) is -0.302. The molecule has 0 radical (unpaired) electrons. The van der Waals surface area contributed by atoms with Gasteiger partial charge in [0.25, 0.3) is 0 Å². The van der Waals surface area contributed by atoms with Gasteiger partial charge in [0.1, 0.15) is 6.10 Å². The molecule has 3 heteroatoms. The molecule has 2 aromatic carbocycles. The lowest BCUT2D eigenvalue weighted by atomic mass is 10.1. The number of carbonyl (C=O) groups excluding carboxylic acids is 1. The summed E-state index contributed by atoms with van der Waals surface area (Å²) in [4.78, 5) is 11.2. The maximum absolute atomic E-state index is 11.2. The number of hydrogen-bond acceptors (Lipinski definition) is 3. The van der Waals surface area contributed by atoms with Gasteiger partial charge in [-0.1, -0.05) is 66.7 Å². The average Bonchev–Trinajstić information content (AvgIpc) is 2.55. The number of benzene rings is 2. The van der Waals surface area contributed by atoms with Crippen LogP contribution in [0.25, 0.3) is 0 Å². The van der Waals surface area contributed by atoms with Gasteiger partial charge in [-0.25, -0.2) is 0 Å². The molecule has 114 valence electrons. The zero-order valence-corrected chi connectivity index (χ0v) is 12.6. The summed E-state index contributed by atoms with van der Waals surface area (Å²) < 4.78 is 10.9. The summed E-state index contributed by atoms with van der Waals surface area (Å²) in [6.07, 6.45) is 3.35. The fraction of sp³-hybridized carbons (Fsp3) is 0.211. The third-order valence-corrected chi connectivity index (χ3v) is 3.06. The fourth-order valence-corrected chi connectivity index (χ4v) is 2.04. The van der Waals surface area contributed by atoms with Crippen molar-refractivity contribution in [1.82, 2.24) is 0 Å². The van der Waals surface area contributed by atoms with Crippen LogP contribution < -0.4 is 0 Å². The second-order valence-corrected chi connectivity index (χ2v) is 4.87. The highest BCUT2D eigenvalue weighted by molar-refractivity contribution is 5.66. The zero-order chi connectivity index (χ0) is 15.6. The van der Waals surface area contributed by atoms with E-state index in [9.17, 15) is 4.79 Å². The van der Waals surface area contributed by atoms with Crippen LogP contribution in [0.1, 0.15) is 24.2 Å². The molecule has 2 aromatic rings. The van der Waals surface area contributed by atoms with Crippen molar-refractivity contribution in [2.45, 2.75) is 19.6 Å². The van der Waals surface area contributed by atoms with Crippen molar-refractivity contribution in [3.63, 3.8) is 0 Å². The van der Waals surface area contributed by atoms with Gasteiger partial charge in [0, 0.05) is 6.92 Å². The lowest BCUT2D eigenvalue weighted by Gasteiger charge is -2.13. The number of hydrogen-bond donors (Lipinski definition) is 0. The minimum absolute atomic E-state index is 0.302. The van der Waals surface area contributed by atoms with Gasteiger partial charge >= 0.3 is 5.97 Å². The Kier molecular flexibility index (Phi) is 6.39. The van der Waals surface area contributed by atoms with Crippen molar-refractivity contribution in [1.29, 1.82) is 0 Å². The van der Waals surface area contributed by atoms with E-state index in [1.165, 1.54) is 6.92 Å². The van der Waals surface area contributed by atoms with Crippen LogP contribution in [0.5, 0.6) is 0 Å². The van der Waals surface area contributed by atoms with Crippen molar-refractivity contribution in [2.75, 3.05) is 6.61 Å². The molecule has 0 saturated heterocycles. The molecule has 0 fully saturated rings. The molecule has 0 aromatic heterocycles. The summed E-state index contributed by atoms with van der Waals surface area (Å²) in [7, 11) is 0. The van der Waals surface area contributed by atoms with Crippen LogP contribution in [0, 0.1) is 0 Å². The molecule has 1 atom stereocenters. The normalized spacial score (nSPS) is 12.2. The molecule has 0 bridgehead atoms. The van der Waals surface area contributed by atoms with Crippen LogP contribution in [0.3, 0.4) is 0 Å². The van der Waals surface area contributed by atoms with Crippen molar-refractivity contribution < 1.29 is 14.3 Å². The Bertz CT molecular complexity index is 591. The molecular weight excluding hydrogens is 276 g/mol. The average molecular weight is 296 g/mol. The van der Waals surface area contributed by atoms with Gasteiger partial charge in [-0.05, 0) is 17.2 Å². The van der Waals surface area contributed by atoms with Crippen molar-refractivity contribution in [3.8, 4) is 0 Å². The predicted molar refractivity (Wildman–Crippen MR) is 86.2 cm³/mol. The Labute approximate surface area is 131 Å². The van der Waals surface area contributed by atoms with E-state index in [-0.39, 0.29) is 12.1 Å². The molecular formula is C19H20O3. The molecule has 0 aliphatic rings. The Balaban J connectivity index is 1.86. The summed E-state index contributed by atoms with van der Waals surface area (Å²) in [6.45, 7) is 2.45. The van der Waals surface area contributed by atoms with Crippen LogP contribution in [0.15, 0.2) is 72.8 Å². The number of ether oxygens (including phenoxy) is 2.